The summed E-state index contributed by atoms with van der Waals surface area (Å²) in [4.78, 5) is 14.6. The van der Waals surface area contributed by atoms with Crippen molar-refractivity contribution in [2.24, 2.45) is 5.92 Å². The van der Waals surface area contributed by atoms with E-state index in [1.807, 2.05) is 25.1 Å². The quantitative estimate of drug-likeness (QED) is 0.835. The maximum Gasteiger partial charge on any atom is 0.266 e. The van der Waals surface area contributed by atoms with Crippen molar-refractivity contribution in [1.29, 1.82) is 0 Å². The number of hydrogen-bond donors (Lipinski definition) is 1. The number of aliphatic hydroxyl groups is 1. The first-order valence-electron chi connectivity index (χ1n) is 8.22. The smallest absolute Gasteiger partial charge is 0.266 e. The fourth-order valence-electron chi connectivity index (χ4n) is 2.75. The lowest BCUT2D eigenvalue weighted by molar-refractivity contribution is -0.148. The standard InChI is InChI=1S/C18H27NO4/c1-4-22-13-14-10-11-19(12-14)17(20)16(18(2,3)21)23-15-8-6-5-7-9-15/h5-9,14,16,21H,4,10-13H2,1-3H3. The Labute approximate surface area is 138 Å². The van der Waals surface area contributed by atoms with Crippen molar-refractivity contribution >= 4 is 5.91 Å². The number of para-hydroxylation sites is 1. The summed E-state index contributed by atoms with van der Waals surface area (Å²) in [6.07, 6.45) is 0.00564. The third-order valence-corrected chi connectivity index (χ3v) is 4.02. The monoisotopic (exact) mass is 321 g/mol. The van der Waals surface area contributed by atoms with Crippen molar-refractivity contribution < 1.29 is 19.4 Å². The van der Waals surface area contributed by atoms with Crippen LogP contribution in [0.4, 0.5) is 0 Å². The van der Waals surface area contributed by atoms with Gasteiger partial charge < -0.3 is 19.5 Å². The highest BCUT2D eigenvalue weighted by Gasteiger charge is 2.40. The first kappa shape index (κ1) is 17.8. The molecule has 128 valence electrons. The highest BCUT2D eigenvalue weighted by molar-refractivity contribution is 5.82. The van der Waals surface area contributed by atoms with Crippen LogP contribution in [0.5, 0.6) is 5.75 Å². The SMILES string of the molecule is CCOCC1CCN(C(=O)C(Oc2ccccc2)C(C)(C)O)C1. The molecule has 1 aliphatic rings. The molecule has 1 aliphatic heterocycles. The second-order valence-electron chi connectivity index (χ2n) is 6.56. The fourth-order valence-corrected chi connectivity index (χ4v) is 2.75. The lowest BCUT2D eigenvalue weighted by Crippen LogP contribution is -2.52. The highest BCUT2D eigenvalue weighted by Crippen LogP contribution is 2.24. The normalized spacial score (nSPS) is 19.7. The molecule has 1 aromatic rings. The minimum absolute atomic E-state index is 0.166. The molecule has 0 spiro atoms. The van der Waals surface area contributed by atoms with Gasteiger partial charge in [-0.3, -0.25) is 4.79 Å². The predicted molar refractivity (Wildman–Crippen MR) is 88.3 cm³/mol. The van der Waals surface area contributed by atoms with Crippen molar-refractivity contribution in [1.82, 2.24) is 4.90 Å². The van der Waals surface area contributed by atoms with Gasteiger partial charge >= 0.3 is 0 Å². The lowest BCUT2D eigenvalue weighted by atomic mass is 10.0. The van der Waals surface area contributed by atoms with E-state index in [4.69, 9.17) is 9.47 Å². The maximum absolute atomic E-state index is 12.8. The lowest BCUT2D eigenvalue weighted by Gasteiger charge is -2.32. The molecule has 0 bridgehead atoms. The highest BCUT2D eigenvalue weighted by atomic mass is 16.5. The molecular formula is C18H27NO4. The molecule has 0 aliphatic carbocycles. The maximum atomic E-state index is 12.8. The van der Waals surface area contributed by atoms with Gasteiger partial charge in [0, 0.05) is 25.6 Å². The van der Waals surface area contributed by atoms with Gasteiger partial charge in [0.2, 0.25) is 6.10 Å². The Bertz CT molecular complexity index is 497. The molecule has 2 atom stereocenters. The van der Waals surface area contributed by atoms with Gasteiger partial charge in [0.25, 0.3) is 5.91 Å². The fraction of sp³-hybridized carbons (Fsp3) is 0.611. The topological polar surface area (TPSA) is 59.0 Å². The summed E-state index contributed by atoms with van der Waals surface area (Å²) in [5.74, 6) is 0.775. The predicted octanol–water partition coefficient (Wildman–Crippen LogP) is 2.09. The molecule has 1 fully saturated rings. The van der Waals surface area contributed by atoms with Gasteiger partial charge in [-0.15, -0.1) is 0 Å². The van der Waals surface area contributed by atoms with Crippen LogP contribution < -0.4 is 4.74 Å². The largest absolute Gasteiger partial charge is 0.478 e. The first-order valence-corrected chi connectivity index (χ1v) is 8.22. The zero-order valence-electron chi connectivity index (χ0n) is 14.2. The summed E-state index contributed by atoms with van der Waals surface area (Å²) in [6.45, 7) is 7.88. The van der Waals surface area contributed by atoms with Crippen LogP contribution >= 0.6 is 0 Å². The third-order valence-electron chi connectivity index (χ3n) is 4.02. The van der Waals surface area contributed by atoms with Gasteiger partial charge in [0.15, 0.2) is 0 Å². The molecule has 2 rings (SSSR count). The number of rotatable bonds is 7. The summed E-state index contributed by atoms with van der Waals surface area (Å²) in [5, 5.41) is 10.4. The van der Waals surface area contributed by atoms with Crippen LogP contribution in [-0.4, -0.2) is 53.9 Å². The van der Waals surface area contributed by atoms with Gasteiger partial charge in [0.1, 0.15) is 11.4 Å². The molecule has 5 heteroatoms. The van der Waals surface area contributed by atoms with E-state index < -0.39 is 11.7 Å². The van der Waals surface area contributed by atoms with Gasteiger partial charge in [-0.25, -0.2) is 0 Å². The molecule has 0 aromatic heterocycles. The van der Waals surface area contributed by atoms with E-state index in [9.17, 15) is 9.90 Å². The number of benzene rings is 1. The average molecular weight is 321 g/mol. The number of ether oxygens (including phenoxy) is 2. The van der Waals surface area contributed by atoms with Crippen LogP contribution in [0, 0.1) is 5.92 Å². The van der Waals surface area contributed by atoms with E-state index in [0.717, 1.165) is 6.42 Å². The number of hydrogen-bond acceptors (Lipinski definition) is 4. The molecule has 0 saturated carbocycles. The van der Waals surface area contributed by atoms with E-state index in [2.05, 4.69) is 0 Å². The first-order chi connectivity index (χ1) is 10.9. The van der Waals surface area contributed by atoms with E-state index in [1.54, 1.807) is 30.9 Å². The number of amides is 1. The van der Waals surface area contributed by atoms with Crippen molar-refractivity contribution in [3.8, 4) is 5.75 Å². The van der Waals surface area contributed by atoms with E-state index in [0.29, 0.717) is 38.0 Å². The number of nitrogens with zero attached hydrogens (tertiary/aromatic N) is 1. The van der Waals surface area contributed by atoms with Crippen LogP contribution in [0.1, 0.15) is 27.2 Å². The summed E-state index contributed by atoms with van der Waals surface area (Å²) >= 11 is 0. The second-order valence-corrected chi connectivity index (χ2v) is 6.56. The summed E-state index contributed by atoms with van der Waals surface area (Å²) in [6, 6.07) is 9.14. The molecule has 1 heterocycles. The van der Waals surface area contributed by atoms with E-state index >= 15 is 0 Å². The van der Waals surface area contributed by atoms with E-state index in [-0.39, 0.29) is 5.91 Å². The Balaban J connectivity index is 2.03. The Hall–Kier alpha value is -1.59. The zero-order chi connectivity index (χ0) is 16.9. The third kappa shape index (κ3) is 4.94. The molecule has 1 amide bonds. The Morgan fingerprint density at radius 3 is 2.70 bits per heavy atom. The molecule has 1 aromatic carbocycles. The molecule has 1 N–H and O–H groups in total. The minimum atomic E-state index is -1.26. The molecule has 5 nitrogen and oxygen atoms in total. The summed E-state index contributed by atoms with van der Waals surface area (Å²) in [5.41, 5.74) is -1.26. The summed E-state index contributed by atoms with van der Waals surface area (Å²) < 4.78 is 11.2. The zero-order valence-corrected chi connectivity index (χ0v) is 14.2. The van der Waals surface area contributed by atoms with Crippen LogP contribution in [-0.2, 0) is 9.53 Å². The van der Waals surface area contributed by atoms with Gasteiger partial charge in [-0.1, -0.05) is 18.2 Å². The number of carbonyl (C=O) groups excluding carboxylic acids is 1. The van der Waals surface area contributed by atoms with Gasteiger partial charge in [-0.2, -0.15) is 0 Å². The molecule has 0 radical (unpaired) electrons. The van der Waals surface area contributed by atoms with Crippen LogP contribution in [0.2, 0.25) is 0 Å². The molecule has 1 saturated heterocycles. The van der Waals surface area contributed by atoms with Crippen molar-refractivity contribution in [3.63, 3.8) is 0 Å². The van der Waals surface area contributed by atoms with Gasteiger partial charge in [-0.05, 0) is 39.3 Å². The Morgan fingerprint density at radius 2 is 2.09 bits per heavy atom. The Morgan fingerprint density at radius 1 is 1.39 bits per heavy atom. The minimum Gasteiger partial charge on any atom is -0.478 e. The van der Waals surface area contributed by atoms with Crippen LogP contribution in [0.15, 0.2) is 30.3 Å². The average Bonchev–Trinajstić information content (AvgIpc) is 2.99. The molecular weight excluding hydrogens is 294 g/mol. The number of likely N-dealkylation sites (tertiary alicyclic amines) is 1. The van der Waals surface area contributed by atoms with E-state index in [1.165, 1.54) is 0 Å². The van der Waals surface area contributed by atoms with Crippen LogP contribution in [0.3, 0.4) is 0 Å². The van der Waals surface area contributed by atoms with Crippen LogP contribution in [0.25, 0.3) is 0 Å². The number of carbonyl (C=O) groups is 1. The van der Waals surface area contributed by atoms with Gasteiger partial charge in [0.05, 0.1) is 6.61 Å². The molecule has 23 heavy (non-hydrogen) atoms. The van der Waals surface area contributed by atoms with Crippen molar-refractivity contribution in [2.75, 3.05) is 26.3 Å². The second kappa shape index (κ2) is 7.79. The summed E-state index contributed by atoms with van der Waals surface area (Å²) in [7, 11) is 0. The molecule has 2 unspecified atom stereocenters. The van der Waals surface area contributed by atoms with Crippen molar-refractivity contribution in [3.05, 3.63) is 30.3 Å². The Kier molecular flexibility index (Phi) is 6.02. The van der Waals surface area contributed by atoms with Crippen molar-refractivity contribution in [2.45, 2.75) is 38.9 Å².